The van der Waals surface area contributed by atoms with Gasteiger partial charge in [0.25, 0.3) is 0 Å². The van der Waals surface area contributed by atoms with Crippen molar-refractivity contribution in [2.75, 3.05) is 11.4 Å². The zero-order chi connectivity index (χ0) is 21.0. The van der Waals surface area contributed by atoms with Gasteiger partial charge in [-0.2, -0.15) is 13.2 Å². The molecule has 1 aromatic carbocycles. The van der Waals surface area contributed by atoms with E-state index in [1.165, 1.54) is 29.0 Å². The molecular formula is C20H26F4N4S. The molecule has 4 rings (SSSR count). The molecule has 0 radical (unpaired) electrons. The Balaban J connectivity index is 1.69. The minimum atomic E-state index is -4.42. The molecule has 2 aliphatic heterocycles. The van der Waals surface area contributed by atoms with E-state index < -0.39 is 18.0 Å². The lowest BCUT2D eigenvalue weighted by molar-refractivity contribution is -0.154. The third kappa shape index (κ3) is 4.66. The van der Waals surface area contributed by atoms with Gasteiger partial charge < -0.3 is 14.9 Å². The molecule has 1 saturated carbocycles. The summed E-state index contributed by atoms with van der Waals surface area (Å²) in [4.78, 5) is 6.45. The Kier molecular flexibility index (Phi) is 5.26. The van der Waals surface area contributed by atoms with Crippen LogP contribution in [0.3, 0.4) is 0 Å². The monoisotopic (exact) mass is 430 g/mol. The van der Waals surface area contributed by atoms with Gasteiger partial charge in [-0.1, -0.05) is 0 Å². The van der Waals surface area contributed by atoms with Crippen LogP contribution in [0.5, 0.6) is 0 Å². The van der Waals surface area contributed by atoms with Gasteiger partial charge in [0.05, 0.1) is 10.6 Å². The molecule has 3 aliphatic rings. The molecule has 1 aliphatic carbocycles. The fourth-order valence-electron chi connectivity index (χ4n) is 4.06. The van der Waals surface area contributed by atoms with Gasteiger partial charge >= 0.3 is 6.18 Å². The topological polar surface area (TPSA) is 39.7 Å². The zero-order valence-corrected chi connectivity index (χ0v) is 17.6. The lowest BCUT2D eigenvalue weighted by Gasteiger charge is -2.44. The van der Waals surface area contributed by atoms with Gasteiger partial charge in [-0.25, -0.2) is 9.38 Å². The molecule has 0 amide bonds. The van der Waals surface area contributed by atoms with E-state index >= 15 is 0 Å². The quantitative estimate of drug-likeness (QED) is 0.513. The summed E-state index contributed by atoms with van der Waals surface area (Å²) < 4.78 is 59.5. The maximum atomic E-state index is 14.3. The smallest absolute Gasteiger partial charge is 0.358 e. The van der Waals surface area contributed by atoms with Gasteiger partial charge in [-0.05, 0) is 70.5 Å². The van der Waals surface area contributed by atoms with E-state index in [0.29, 0.717) is 22.9 Å². The van der Waals surface area contributed by atoms with Gasteiger partial charge in [-0.3, -0.25) is 0 Å². The van der Waals surface area contributed by atoms with Crippen molar-refractivity contribution in [1.82, 2.24) is 10.0 Å². The summed E-state index contributed by atoms with van der Waals surface area (Å²) in [7, 11) is 0. The average molecular weight is 431 g/mol. The number of aliphatic imine (C=N–C) groups is 1. The Morgan fingerprint density at radius 2 is 1.90 bits per heavy atom. The van der Waals surface area contributed by atoms with E-state index in [1.54, 1.807) is 0 Å². The van der Waals surface area contributed by atoms with Crippen molar-refractivity contribution in [3.8, 4) is 0 Å². The normalized spacial score (nSPS) is 25.3. The van der Waals surface area contributed by atoms with Gasteiger partial charge in [0.1, 0.15) is 23.4 Å². The maximum absolute atomic E-state index is 14.3. The van der Waals surface area contributed by atoms with E-state index in [0.717, 1.165) is 18.7 Å². The molecule has 2 N–H and O–H groups in total. The number of fused-ring (bicyclic) bond motifs is 1. The number of benzene rings is 1. The number of hydrogen-bond acceptors (Lipinski definition) is 5. The molecule has 2 heterocycles. The molecule has 160 valence electrons. The van der Waals surface area contributed by atoms with Gasteiger partial charge in [0.15, 0.2) is 0 Å². The van der Waals surface area contributed by atoms with Crippen LogP contribution in [-0.2, 0) is 0 Å². The van der Waals surface area contributed by atoms with Crippen molar-refractivity contribution in [1.29, 1.82) is 0 Å². The third-order valence-corrected chi connectivity index (χ3v) is 6.25. The minimum absolute atomic E-state index is 0.0728. The SMILES string of the molecule is CC(C)(C)N[C@@H]1CCN(c2cc(F)cc3c2N=C(C2CC2)NS3)[C@H](C(F)(F)F)C1. The molecule has 4 nitrogen and oxygen atoms in total. The van der Waals surface area contributed by atoms with Crippen LogP contribution >= 0.6 is 11.9 Å². The summed E-state index contributed by atoms with van der Waals surface area (Å²) >= 11 is 1.23. The van der Waals surface area contributed by atoms with Gasteiger partial charge in [0, 0.05) is 24.0 Å². The van der Waals surface area contributed by atoms with E-state index in [1.807, 2.05) is 20.8 Å². The first kappa shape index (κ1) is 20.8. The molecule has 0 unspecified atom stereocenters. The van der Waals surface area contributed by atoms with Crippen LogP contribution in [0.2, 0.25) is 0 Å². The Morgan fingerprint density at radius 3 is 2.52 bits per heavy atom. The molecule has 0 bridgehead atoms. The van der Waals surface area contributed by atoms with Crippen LogP contribution in [0.1, 0.15) is 46.5 Å². The fourth-order valence-corrected chi connectivity index (χ4v) is 4.90. The van der Waals surface area contributed by atoms with Gasteiger partial charge in [-0.15, -0.1) is 0 Å². The molecule has 29 heavy (non-hydrogen) atoms. The second-order valence-corrected chi connectivity index (χ2v) is 9.96. The number of halogens is 4. The third-order valence-electron chi connectivity index (χ3n) is 5.41. The summed E-state index contributed by atoms with van der Waals surface area (Å²) in [6.07, 6.45) is -1.89. The number of anilines is 1. The molecule has 1 aromatic rings. The number of nitrogens with one attached hydrogen (secondary N) is 2. The highest BCUT2D eigenvalue weighted by Crippen LogP contribution is 2.46. The largest absolute Gasteiger partial charge is 0.408 e. The lowest BCUT2D eigenvalue weighted by atomic mass is 9.93. The first-order chi connectivity index (χ1) is 13.5. The van der Waals surface area contributed by atoms with Crippen LogP contribution in [0.25, 0.3) is 0 Å². The number of hydrogen-bond donors (Lipinski definition) is 2. The van der Waals surface area contributed by atoms with E-state index in [2.05, 4.69) is 15.0 Å². The van der Waals surface area contributed by atoms with Crippen LogP contribution in [-0.4, -0.2) is 36.2 Å². The predicted octanol–water partition coefficient (Wildman–Crippen LogP) is 5.16. The summed E-state index contributed by atoms with van der Waals surface area (Å²) in [5.74, 6) is 0.561. The minimum Gasteiger partial charge on any atom is -0.358 e. The van der Waals surface area contributed by atoms with Crippen molar-refractivity contribution in [2.45, 2.75) is 75.1 Å². The maximum Gasteiger partial charge on any atom is 0.408 e. The van der Waals surface area contributed by atoms with Crippen LogP contribution < -0.4 is 14.9 Å². The predicted molar refractivity (Wildman–Crippen MR) is 108 cm³/mol. The number of nitrogens with zero attached hydrogens (tertiary/aromatic N) is 2. The number of rotatable bonds is 3. The van der Waals surface area contributed by atoms with Gasteiger partial charge in [0.2, 0.25) is 0 Å². The summed E-state index contributed by atoms with van der Waals surface area (Å²) in [6, 6.07) is 0.611. The highest BCUT2D eigenvalue weighted by atomic mass is 32.2. The summed E-state index contributed by atoms with van der Waals surface area (Å²) in [6.45, 7) is 6.04. The van der Waals surface area contributed by atoms with Crippen molar-refractivity contribution in [3.63, 3.8) is 0 Å². The number of amidine groups is 1. The highest BCUT2D eigenvalue weighted by Gasteiger charge is 2.48. The Morgan fingerprint density at radius 1 is 1.17 bits per heavy atom. The van der Waals surface area contributed by atoms with Crippen molar-refractivity contribution >= 4 is 29.2 Å². The first-order valence-electron chi connectivity index (χ1n) is 9.97. The second-order valence-electron chi connectivity index (χ2n) is 9.11. The van der Waals surface area contributed by atoms with E-state index in [4.69, 9.17) is 0 Å². The molecule has 2 fully saturated rings. The Hall–Kier alpha value is -1.48. The fraction of sp³-hybridized carbons (Fsp3) is 0.650. The summed E-state index contributed by atoms with van der Waals surface area (Å²) in [5.41, 5.74) is 0.421. The average Bonchev–Trinajstić information content (AvgIpc) is 3.43. The van der Waals surface area contributed by atoms with E-state index in [9.17, 15) is 17.6 Å². The molecular weight excluding hydrogens is 404 g/mol. The molecule has 0 aromatic heterocycles. The lowest BCUT2D eigenvalue weighted by Crippen LogP contribution is -2.57. The van der Waals surface area contributed by atoms with Crippen LogP contribution in [0.15, 0.2) is 22.0 Å². The standard InChI is InChI=1S/C20H26F4N4S/c1-19(2,3)26-13-6-7-28(16(10-13)20(22,23)24)14-8-12(21)9-15-17(14)25-18(27-29-15)11-4-5-11/h8-9,11,13,16,26H,4-7,10H2,1-3H3,(H,25,27)/t13-,16+/m1/s1. The Labute approximate surface area is 172 Å². The highest BCUT2D eigenvalue weighted by molar-refractivity contribution is 7.98. The van der Waals surface area contributed by atoms with Crippen molar-refractivity contribution in [3.05, 3.63) is 17.9 Å². The Bertz CT molecular complexity index is 814. The number of alkyl halides is 3. The van der Waals surface area contributed by atoms with Crippen molar-refractivity contribution in [2.24, 2.45) is 10.9 Å². The number of piperidine rings is 1. The van der Waals surface area contributed by atoms with Crippen LogP contribution in [0.4, 0.5) is 28.9 Å². The molecule has 0 spiro atoms. The first-order valence-corrected chi connectivity index (χ1v) is 10.8. The molecule has 9 heteroatoms. The summed E-state index contributed by atoms with van der Waals surface area (Å²) in [5, 5.41) is 3.29. The van der Waals surface area contributed by atoms with E-state index in [-0.39, 0.29) is 30.2 Å². The van der Waals surface area contributed by atoms with Crippen LogP contribution in [0, 0.1) is 11.7 Å². The molecule has 1 saturated heterocycles. The second kappa shape index (κ2) is 7.34. The molecule has 2 atom stereocenters. The zero-order valence-electron chi connectivity index (χ0n) is 16.7. The van der Waals surface area contributed by atoms with Crippen molar-refractivity contribution < 1.29 is 17.6 Å².